The number of sulfonamides is 1. The van der Waals surface area contributed by atoms with E-state index in [2.05, 4.69) is 9.82 Å². The highest BCUT2D eigenvalue weighted by molar-refractivity contribution is 7.89. The maximum atomic E-state index is 12.1. The molecule has 1 fully saturated rings. The molecular formula is C11H20N4O3S. The summed E-state index contributed by atoms with van der Waals surface area (Å²) in [5, 5.41) is 13.1. The number of nitrogens with one attached hydrogen (secondary N) is 1. The lowest BCUT2D eigenvalue weighted by atomic mass is 9.83. The average molecular weight is 288 g/mol. The van der Waals surface area contributed by atoms with Gasteiger partial charge in [-0.15, -0.1) is 0 Å². The normalized spacial score (nSPS) is 23.3. The number of aryl methyl sites for hydroxylation is 1. The van der Waals surface area contributed by atoms with E-state index in [0.29, 0.717) is 25.9 Å². The fourth-order valence-corrected chi connectivity index (χ4v) is 3.33. The summed E-state index contributed by atoms with van der Waals surface area (Å²) in [5.74, 6) is 0.228. The van der Waals surface area contributed by atoms with E-state index < -0.39 is 10.0 Å². The molecule has 2 rings (SSSR count). The molecule has 7 nitrogen and oxygen atoms in total. The van der Waals surface area contributed by atoms with E-state index in [0.717, 1.165) is 6.42 Å². The summed E-state index contributed by atoms with van der Waals surface area (Å²) < 4.78 is 28.2. The average Bonchev–Trinajstić information content (AvgIpc) is 2.66. The second-order valence-electron chi connectivity index (χ2n) is 4.98. The first-order chi connectivity index (χ1) is 8.92. The molecule has 19 heavy (non-hydrogen) atoms. The Bertz CT molecular complexity index is 534. The van der Waals surface area contributed by atoms with Crippen LogP contribution in [-0.4, -0.2) is 36.0 Å². The summed E-state index contributed by atoms with van der Waals surface area (Å²) in [6, 6.07) is 0. The fourth-order valence-electron chi connectivity index (χ4n) is 2.14. The van der Waals surface area contributed by atoms with Crippen molar-refractivity contribution in [2.75, 3.05) is 12.3 Å². The molecule has 8 heteroatoms. The number of aromatic nitrogens is 2. The maximum Gasteiger partial charge on any atom is 0.245 e. The van der Waals surface area contributed by atoms with Crippen LogP contribution in [0.15, 0.2) is 11.1 Å². The third kappa shape index (κ3) is 3.26. The highest BCUT2D eigenvalue weighted by atomic mass is 32.2. The van der Waals surface area contributed by atoms with E-state index in [1.54, 1.807) is 0 Å². The monoisotopic (exact) mass is 288 g/mol. The third-order valence-corrected chi connectivity index (χ3v) is 4.71. The van der Waals surface area contributed by atoms with E-state index in [1.165, 1.54) is 10.9 Å². The Balaban J connectivity index is 2.02. The van der Waals surface area contributed by atoms with Crippen molar-refractivity contribution in [1.82, 2.24) is 14.5 Å². The summed E-state index contributed by atoms with van der Waals surface area (Å²) in [7, 11) is -3.62. The second-order valence-corrected chi connectivity index (χ2v) is 6.72. The SMILES string of the molecule is CCCn1cc(S(=O)(=O)NCC2CC(O)C2)c(N)n1. The highest BCUT2D eigenvalue weighted by Crippen LogP contribution is 2.27. The predicted molar refractivity (Wildman–Crippen MR) is 70.8 cm³/mol. The van der Waals surface area contributed by atoms with Crippen LogP contribution in [0, 0.1) is 5.92 Å². The summed E-state index contributed by atoms with van der Waals surface area (Å²) in [6.45, 7) is 2.94. The van der Waals surface area contributed by atoms with Crippen LogP contribution in [0.1, 0.15) is 26.2 Å². The van der Waals surface area contributed by atoms with Crippen LogP contribution in [0.25, 0.3) is 0 Å². The van der Waals surface area contributed by atoms with Crippen LogP contribution < -0.4 is 10.5 Å². The number of hydrogen-bond acceptors (Lipinski definition) is 5. The van der Waals surface area contributed by atoms with Crippen LogP contribution in [0.3, 0.4) is 0 Å². The Morgan fingerprint density at radius 2 is 2.26 bits per heavy atom. The Labute approximate surface area is 112 Å². The number of rotatable bonds is 6. The first-order valence-corrected chi connectivity index (χ1v) is 7.91. The summed E-state index contributed by atoms with van der Waals surface area (Å²) >= 11 is 0. The predicted octanol–water partition coefficient (Wildman–Crippen LogP) is -0.0755. The lowest BCUT2D eigenvalue weighted by molar-refractivity contribution is 0.0453. The minimum absolute atomic E-state index is 0.0228. The second kappa shape index (κ2) is 5.48. The summed E-state index contributed by atoms with van der Waals surface area (Å²) in [5.41, 5.74) is 5.64. The molecule has 0 saturated heterocycles. The Kier molecular flexibility index (Phi) is 4.12. The quantitative estimate of drug-likeness (QED) is 0.678. The molecule has 1 aliphatic rings. The lowest BCUT2D eigenvalue weighted by Crippen LogP contribution is -2.38. The zero-order valence-electron chi connectivity index (χ0n) is 10.9. The Morgan fingerprint density at radius 3 is 2.84 bits per heavy atom. The number of aliphatic hydroxyl groups is 1. The van der Waals surface area contributed by atoms with E-state index in [9.17, 15) is 8.42 Å². The van der Waals surface area contributed by atoms with Crippen LogP contribution >= 0.6 is 0 Å². The van der Waals surface area contributed by atoms with Gasteiger partial charge in [0.05, 0.1) is 6.10 Å². The van der Waals surface area contributed by atoms with E-state index in [4.69, 9.17) is 10.8 Å². The maximum absolute atomic E-state index is 12.1. The molecule has 0 amide bonds. The molecule has 0 aliphatic heterocycles. The third-order valence-electron chi connectivity index (χ3n) is 3.27. The molecule has 0 bridgehead atoms. The van der Waals surface area contributed by atoms with Gasteiger partial charge in [0, 0.05) is 19.3 Å². The first kappa shape index (κ1) is 14.3. The van der Waals surface area contributed by atoms with Crippen LogP contribution in [-0.2, 0) is 16.6 Å². The zero-order valence-corrected chi connectivity index (χ0v) is 11.7. The largest absolute Gasteiger partial charge is 0.393 e. The van der Waals surface area contributed by atoms with Crippen molar-refractivity contribution in [1.29, 1.82) is 0 Å². The molecule has 1 aromatic heterocycles. The molecule has 0 unspecified atom stereocenters. The lowest BCUT2D eigenvalue weighted by Gasteiger charge is -2.31. The number of aliphatic hydroxyl groups excluding tert-OH is 1. The molecule has 0 radical (unpaired) electrons. The molecular weight excluding hydrogens is 268 g/mol. The Hall–Kier alpha value is -1.12. The van der Waals surface area contributed by atoms with Crippen molar-refractivity contribution < 1.29 is 13.5 Å². The van der Waals surface area contributed by atoms with Gasteiger partial charge in [0.2, 0.25) is 10.0 Å². The van der Waals surface area contributed by atoms with Crippen molar-refractivity contribution in [2.45, 2.75) is 43.7 Å². The van der Waals surface area contributed by atoms with Crippen molar-refractivity contribution in [3.8, 4) is 0 Å². The highest BCUT2D eigenvalue weighted by Gasteiger charge is 2.29. The van der Waals surface area contributed by atoms with Gasteiger partial charge in [-0.05, 0) is 25.2 Å². The number of nitrogens with two attached hydrogens (primary N) is 1. The van der Waals surface area contributed by atoms with Crippen molar-refractivity contribution in [2.24, 2.45) is 5.92 Å². The molecule has 0 spiro atoms. The van der Waals surface area contributed by atoms with Gasteiger partial charge in [-0.25, -0.2) is 13.1 Å². The van der Waals surface area contributed by atoms with Gasteiger partial charge >= 0.3 is 0 Å². The standard InChI is InChI=1S/C11H20N4O3S/c1-2-3-15-7-10(11(12)14-15)19(17,18)13-6-8-4-9(16)5-8/h7-9,13,16H,2-6H2,1H3,(H2,12,14). The van der Waals surface area contributed by atoms with E-state index >= 15 is 0 Å². The van der Waals surface area contributed by atoms with Crippen molar-refractivity contribution >= 4 is 15.8 Å². The van der Waals surface area contributed by atoms with Crippen LogP contribution in [0.4, 0.5) is 5.82 Å². The zero-order chi connectivity index (χ0) is 14.0. The van der Waals surface area contributed by atoms with Gasteiger partial charge in [0.15, 0.2) is 5.82 Å². The van der Waals surface area contributed by atoms with Gasteiger partial charge in [0.1, 0.15) is 4.90 Å². The fraction of sp³-hybridized carbons (Fsp3) is 0.727. The number of nitrogens with zero attached hydrogens (tertiary/aromatic N) is 2. The number of anilines is 1. The van der Waals surface area contributed by atoms with Crippen molar-refractivity contribution in [3.05, 3.63) is 6.20 Å². The summed E-state index contributed by atoms with van der Waals surface area (Å²) in [4.78, 5) is 0.0285. The minimum Gasteiger partial charge on any atom is -0.393 e. The molecule has 1 heterocycles. The van der Waals surface area contributed by atoms with Crippen LogP contribution in [0.2, 0.25) is 0 Å². The van der Waals surface area contributed by atoms with Gasteiger partial charge in [-0.3, -0.25) is 4.68 Å². The van der Waals surface area contributed by atoms with E-state index in [-0.39, 0.29) is 22.7 Å². The smallest absolute Gasteiger partial charge is 0.245 e. The molecule has 1 aliphatic carbocycles. The van der Waals surface area contributed by atoms with Crippen molar-refractivity contribution in [3.63, 3.8) is 0 Å². The van der Waals surface area contributed by atoms with Gasteiger partial charge in [-0.2, -0.15) is 5.10 Å². The van der Waals surface area contributed by atoms with Gasteiger partial charge in [0.25, 0.3) is 0 Å². The van der Waals surface area contributed by atoms with Crippen LogP contribution in [0.5, 0.6) is 0 Å². The topological polar surface area (TPSA) is 110 Å². The molecule has 1 aromatic rings. The summed E-state index contributed by atoms with van der Waals surface area (Å²) in [6.07, 6.45) is 3.32. The number of hydrogen-bond donors (Lipinski definition) is 3. The van der Waals surface area contributed by atoms with E-state index in [1.807, 2.05) is 6.92 Å². The van der Waals surface area contributed by atoms with Gasteiger partial charge < -0.3 is 10.8 Å². The molecule has 0 atom stereocenters. The first-order valence-electron chi connectivity index (χ1n) is 6.43. The van der Waals surface area contributed by atoms with Gasteiger partial charge in [-0.1, -0.05) is 6.92 Å². The number of nitrogen functional groups attached to an aromatic ring is 1. The minimum atomic E-state index is -3.62. The molecule has 4 N–H and O–H groups in total. The molecule has 0 aromatic carbocycles. The molecule has 108 valence electrons. The Morgan fingerprint density at radius 1 is 1.58 bits per heavy atom. The molecule has 1 saturated carbocycles.